The summed E-state index contributed by atoms with van der Waals surface area (Å²) in [4.78, 5) is 24.8. The van der Waals surface area contributed by atoms with Crippen LogP contribution in [0.25, 0.3) is 22.6 Å². The fourth-order valence-electron chi connectivity index (χ4n) is 3.55. The lowest BCUT2D eigenvalue weighted by molar-refractivity contribution is -0.111. The lowest BCUT2D eigenvalue weighted by atomic mass is 9.97. The van der Waals surface area contributed by atoms with Crippen molar-refractivity contribution in [3.8, 4) is 0 Å². The SMILES string of the molecule is C=Cc1ccc2c(c1)c(/C(=C/C=CC)C(C)=O)c(C(=O)O)n2Cc1ccc(F)cc1F. The van der Waals surface area contributed by atoms with Gasteiger partial charge in [0.1, 0.15) is 17.3 Å². The number of fused-ring (bicyclic) bond motifs is 1. The molecular weight excluding hydrogens is 400 g/mol. The number of hydrogen-bond donors (Lipinski definition) is 1. The molecule has 0 aliphatic carbocycles. The number of carboxylic acid groups (broad SMARTS) is 1. The maximum atomic E-state index is 14.4. The van der Waals surface area contributed by atoms with Gasteiger partial charge >= 0.3 is 5.97 Å². The summed E-state index contributed by atoms with van der Waals surface area (Å²) >= 11 is 0. The Balaban J connectivity index is 2.41. The van der Waals surface area contributed by atoms with Crippen molar-refractivity contribution in [2.24, 2.45) is 0 Å². The minimum Gasteiger partial charge on any atom is -0.477 e. The Hall–Kier alpha value is -3.80. The van der Waals surface area contributed by atoms with E-state index < -0.39 is 17.6 Å². The lowest BCUT2D eigenvalue weighted by Gasteiger charge is -2.11. The molecule has 1 N–H and O–H groups in total. The molecule has 0 spiro atoms. The molecule has 4 nitrogen and oxygen atoms in total. The number of carbonyl (C=O) groups excluding carboxylic acids is 1. The second-order valence-corrected chi connectivity index (χ2v) is 6.99. The van der Waals surface area contributed by atoms with E-state index in [1.165, 1.54) is 17.6 Å². The number of nitrogens with zero attached hydrogens (tertiary/aromatic N) is 1. The van der Waals surface area contributed by atoms with Gasteiger partial charge in [-0.05, 0) is 37.6 Å². The summed E-state index contributed by atoms with van der Waals surface area (Å²) in [6.45, 7) is 6.74. The smallest absolute Gasteiger partial charge is 0.353 e. The number of benzene rings is 2. The van der Waals surface area contributed by atoms with Crippen molar-refractivity contribution in [3.63, 3.8) is 0 Å². The van der Waals surface area contributed by atoms with Crippen molar-refractivity contribution in [2.45, 2.75) is 20.4 Å². The number of aromatic carboxylic acids is 1. The second-order valence-electron chi connectivity index (χ2n) is 6.99. The number of rotatable bonds is 7. The monoisotopic (exact) mass is 421 g/mol. The van der Waals surface area contributed by atoms with Crippen LogP contribution in [0.1, 0.15) is 41.0 Å². The highest BCUT2D eigenvalue weighted by atomic mass is 19.1. The first kappa shape index (κ1) is 21.9. The summed E-state index contributed by atoms with van der Waals surface area (Å²) in [5.41, 5.74) is 1.70. The minimum absolute atomic E-state index is 0.127. The standard InChI is InChI=1S/C25H21F2NO3/c1-4-6-7-19(15(3)29)23-20-12-16(5-2)8-11-22(20)28(24(23)25(30)31)14-17-9-10-18(26)13-21(17)27/h4-13H,2,14H2,1,3H3,(H,30,31)/b6-4?,19-7+. The molecule has 2 aromatic carbocycles. The Bertz CT molecular complexity index is 1270. The van der Waals surface area contributed by atoms with Gasteiger partial charge in [0.25, 0.3) is 0 Å². The molecule has 0 aliphatic heterocycles. The van der Waals surface area contributed by atoms with E-state index in [4.69, 9.17) is 0 Å². The van der Waals surface area contributed by atoms with Crippen LogP contribution in [0.5, 0.6) is 0 Å². The Morgan fingerprint density at radius 3 is 2.48 bits per heavy atom. The number of hydrogen-bond acceptors (Lipinski definition) is 2. The largest absolute Gasteiger partial charge is 0.477 e. The molecule has 0 atom stereocenters. The highest BCUT2D eigenvalue weighted by Gasteiger charge is 2.27. The molecule has 0 saturated heterocycles. The van der Waals surface area contributed by atoms with E-state index in [1.807, 2.05) is 0 Å². The molecular formula is C25H21F2NO3. The van der Waals surface area contributed by atoms with Crippen LogP contribution >= 0.6 is 0 Å². The number of carbonyl (C=O) groups is 2. The molecule has 158 valence electrons. The molecule has 6 heteroatoms. The van der Waals surface area contributed by atoms with Crippen LogP contribution in [0, 0.1) is 11.6 Å². The second kappa shape index (κ2) is 8.92. The molecule has 31 heavy (non-hydrogen) atoms. The van der Waals surface area contributed by atoms with Gasteiger partial charge in [-0.3, -0.25) is 4.79 Å². The molecule has 0 amide bonds. The third kappa shape index (κ3) is 4.23. The van der Waals surface area contributed by atoms with Gasteiger partial charge in [0.15, 0.2) is 5.78 Å². The van der Waals surface area contributed by atoms with E-state index in [1.54, 1.807) is 49.4 Å². The molecule has 0 unspecified atom stereocenters. The van der Waals surface area contributed by atoms with E-state index in [9.17, 15) is 23.5 Å². The van der Waals surface area contributed by atoms with E-state index >= 15 is 0 Å². The fraction of sp³-hybridized carbons (Fsp3) is 0.120. The summed E-state index contributed by atoms with van der Waals surface area (Å²) in [6.07, 6.45) is 6.56. The summed E-state index contributed by atoms with van der Waals surface area (Å²) in [5.74, 6) is -3.07. The number of Topliss-reactive ketones (excluding diaryl/α,β-unsaturated/α-hetero) is 1. The third-order valence-electron chi connectivity index (χ3n) is 4.97. The van der Waals surface area contributed by atoms with Gasteiger partial charge in [-0.15, -0.1) is 0 Å². The number of allylic oxidation sites excluding steroid dienone is 4. The Morgan fingerprint density at radius 2 is 1.90 bits per heavy atom. The summed E-state index contributed by atoms with van der Waals surface area (Å²) in [7, 11) is 0. The predicted molar refractivity (Wildman–Crippen MR) is 118 cm³/mol. The van der Waals surface area contributed by atoms with Gasteiger partial charge in [-0.1, -0.05) is 43.0 Å². The zero-order chi connectivity index (χ0) is 22.7. The van der Waals surface area contributed by atoms with Gasteiger partial charge in [-0.25, -0.2) is 13.6 Å². The lowest BCUT2D eigenvalue weighted by Crippen LogP contribution is -2.13. The Labute approximate surface area is 178 Å². The molecule has 1 aromatic heterocycles. The van der Waals surface area contributed by atoms with Crippen LogP contribution < -0.4 is 0 Å². The Morgan fingerprint density at radius 1 is 1.16 bits per heavy atom. The summed E-state index contributed by atoms with van der Waals surface area (Å²) in [5, 5.41) is 10.6. The number of ketones is 1. The average Bonchev–Trinajstić information content (AvgIpc) is 3.03. The van der Waals surface area contributed by atoms with E-state index in [2.05, 4.69) is 6.58 Å². The van der Waals surface area contributed by atoms with Crippen molar-refractivity contribution in [2.75, 3.05) is 0 Å². The predicted octanol–water partition coefficient (Wildman–Crippen LogP) is 5.86. The molecule has 3 rings (SSSR count). The minimum atomic E-state index is -1.26. The van der Waals surface area contributed by atoms with Crippen LogP contribution in [0.3, 0.4) is 0 Å². The maximum absolute atomic E-state index is 14.4. The van der Waals surface area contributed by atoms with Gasteiger partial charge < -0.3 is 9.67 Å². The van der Waals surface area contributed by atoms with Crippen LogP contribution in [0.15, 0.2) is 61.2 Å². The first-order valence-corrected chi connectivity index (χ1v) is 9.58. The van der Waals surface area contributed by atoms with Crippen LogP contribution in [-0.2, 0) is 11.3 Å². The molecule has 0 aliphatic rings. The highest BCUT2D eigenvalue weighted by Crippen LogP contribution is 2.34. The van der Waals surface area contributed by atoms with Crippen LogP contribution in [0.2, 0.25) is 0 Å². The molecule has 0 radical (unpaired) electrons. The molecule has 0 bridgehead atoms. The molecule has 3 aromatic rings. The third-order valence-corrected chi connectivity index (χ3v) is 4.97. The van der Waals surface area contributed by atoms with Crippen molar-refractivity contribution >= 4 is 34.3 Å². The zero-order valence-corrected chi connectivity index (χ0v) is 17.2. The first-order valence-electron chi connectivity index (χ1n) is 9.58. The van der Waals surface area contributed by atoms with Gasteiger partial charge in [0.2, 0.25) is 0 Å². The van der Waals surface area contributed by atoms with Crippen molar-refractivity contribution < 1.29 is 23.5 Å². The van der Waals surface area contributed by atoms with Gasteiger partial charge in [0, 0.05) is 33.7 Å². The van der Waals surface area contributed by atoms with E-state index in [0.29, 0.717) is 10.9 Å². The zero-order valence-electron chi connectivity index (χ0n) is 17.2. The first-order chi connectivity index (χ1) is 14.8. The summed E-state index contributed by atoms with van der Waals surface area (Å²) < 4.78 is 29.1. The van der Waals surface area contributed by atoms with Gasteiger partial charge in [-0.2, -0.15) is 0 Å². The van der Waals surface area contributed by atoms with Crippen LogP contribution in [0.4, 0.5) is 8.78 Å². The summed E-state index contributed by atoms with van der Waals surface area (Å²) in [6, 6.07) is 8.36. The van der Waals surface area contributed by atoms with Crippen molar-refractivity contribution in [3.05, 3.63) is 95.2 Å². The number of carboxylic acids is 1. The topological polar surface area (TPSA) is 59.3 Å². The molecule has 0 saturated carbocycles. The van der Waals surface area contributed by atoms with Crippen molar-refractivity contribution in [1.82, 2.24) is 4.57 Å². The fourth-order valence-corrected chi connectivity index (χ4v) is 3.55. The number of aromatic nitrogens is 1. The average molecular weight is 421 g/mol. The Kier molecular flexibility index (Phi) is 6.30. The normalized spacial score (nSPS) is 11.9. The van der Waals surface area contributed by atoms with E-state index in [-0.39, 0.29) is 34.7 Å². The molecule has 0 fully saturated rings. The van der Waals surface area contributed by atoms with E-state index in [0.717, 1.165) is 17.7 Å². The quantitative estimate of drug-likeness (QED) is 0.384. The van der Waals surface area contributed by atoms with Gasteiger partial charge in [0.05, 0.1) is 6.54 Å². The van der Waals surface area contributed by atoms with Crippen LogP contribution in [-0.4, -0.2) is 21.4 Å². The maximum Gasteiger partial charge on any atom is 0.353 e. The molecule has 1 heterocycles. The number of halogens is 2. The van der Waals surface area contributed by atoms with Crippen molar-refractivity contribution in [1.29, 1.82) is 0 Å². The highest BCUT2D eigenvalue weighted by molar-refractivity contribution is 6.25.